The Labute approximate surface area is 227 Å². The molecule has 1 amide bonds. The number of ketones is 1. The summed E-state index contributed by atoms with van der Waals surface area (Å²) in [6, 6.07) is 15.9. The first-order valence-electron chi connectivity index (χ1n) is 12.6. The molecule has 40 heavy (non-hydrogen) atoms. The van der Waals surface area contributed by atoms with Gasteiger partial charge in [-0.05, 0) is 42.8 Å². The van der Waals surface area contributed by atoms with Crippen molar-refractivity contribution in [1.29, 1.82) is 0 Å². The first-order valence-corrected chi connectivity index (χ1v) is 12.6. The minimum atomic E-state index is -4.63. The van der Waals surface area contributed by atoms with E-state index in [1.165, 1.54) is 23.2 Å². The van der Waals surface area contributed by atoms with Crippen LogP contribution in [-0.4, -0.2) is 33.0 Å². The number of Topliss-reactive ketones (excluding diaryl/α,β-unsaturated/α-hetero) is 1. The van der Waals surface area contributed by atoms with Crippen LogP contribution in [0.4, 0.5) is 23.4 Å². The highest BCUT2D eigenvalue weighted by molar-refractivity contribution is 6.04. The quantitative estimate of drug-likeness (QED) is 0.192. The standard InChI is InChI=1S/C29H25F4N5O2/c1-2-37-27-26(22(15-34)36-38(27)20-9-4-3-5-10-20)25(18-11-12-24(30)35-16-18)21(28(37)40)14-23(39)17-7-6-8-19(13-17)29(31,32)33/h3-13,16,21,25H,2,14-15,34H2,1H3/t21-,25+/m0/s1. The van der Waals surface area contributed by atoms with E-state index in [1.807, 2.05) is 30.3 Å². The third-order valence-electron chi connectivity index (χ3n) is 7.06. The first kappa shape index (κ1) is 27.2. The maximum Gasteiger partial charge on any atom is 0.416 e. The lowest BCUT2D eigenvalue weighted by Crippen LogP contribution is -2.45. The van der Waals surface area contributed by atoms with Crippen LogP contribution in [0.3, 0.4) is 0 Å². The number of nitrogens with zero attached hydrogens (tertiary/aromatic N) is 4. The smallest absolute Gasteiger partial charge is 0.325 e. The van der Waals surface area contributed by atoms with Crippen molar-refractivity contribution >= 4 is 17.5 Å². The molecule has 4 aromatic rings. The molecular weight excluding hydrogens is 526 g/mol. The highest BCUT2D eigenvalue weighted by Crippen LogP contribution is 2.47. The Bertz CT molecular complexity index is 1550. The number of fused-ring (bicyclic) bond motifs is 1. The van der Waals surface area contributed by atoms with Gasteiger partial charge in [0.05, 0.1) is 22.9 Å². The molecule has 2 aromatic carbocycles. The summed E-state index contributed by atoms with van der Waals surface area (Å²) < 4.78 is 55.4. The Morgan fingerprint density at radius 2 is 1.80 bits per heavy atom. The molecule has 7 nitrogen and oxygen atoms in total. The van der Waals surface area contributed by atoms with Crippen LogP contribution in [0.5, 0.6) is 0 Å². The van der Waals surface area contributed by atoms with E-state index in [-0.39, 0.29) is 18.7 Å². The first-order chi connectivity index (χ1) is 19.1. The third-order valence-corrected chi connectivity index (χ3v) is 7.06. The predicted molar refractivity (Wildman–Crippen MR) is 139 cm³/mol. The van der Waals surface area contributed by atoms with Crippen molar-refractivity contribution in [2.24, 2.45) is 11.7 Å². The molecule has 0 aliphatic carbocycles. The summed E-state index contributed by atoms with van der Waals surface area (Å²) in [5.41, 5.74) is 7.19. The van der Waals surface area contributed by atoms with Gasteiger partial charge in [0.1, 0.15) is 5.82 Å². The number of para-hydroxylation sites is 1. The van der Waals surface area contributed by atoms with E-state index in [1.54, 1.807) is 11.6 Å². The summed E-state index contributed by atoms with van der Waals surface area (Å²) in [6.07, 6.45) is -3.73. The van der Waals surface area contributed by atoms with E-state index in [0.29, 0.717) is 28.3 Å². The van der Waals surface area contributed by atoms with E-state index in [4.69, 9.17) is 10.8 Å². The van der Waals surface area contributed by atoms with Gasteiger partial charge in [0.15, 0.2) is 5.78 Å². The average Bonchev–Trinajstić information content (AvgIpc) is 3.33. The van der Waals surface area contributed by atoms with Crippen LogP contribution in [0.2, 0.25) is 0 Å². The second-order valence-corrected chi connectivity index (χ2v) is 9.42. The Morgan fingerprint density at radius 1 is 1.05 bits per heavy atom. The molecule has 0 bridgehead atoms. The van der Waals surface area contributed by atoms with E-state index in [9.17, 15) is 27.2 Å². The van der Waals surface area contributed by atoms with E-state index in [2.05, 4.69) is 4.98 Å². The lowest BCUT2D eigenvalue weighted by atomic mass is 9.74. The fourth-order valence-corrected chi connectivity index (χ4v) is 5.26. The Balaban J connectivity index is 1.67. The van der Waals surface area contributed by atoms with Crippen molar-refractivity contribution < 1.29 is 27.2 Å². The summed E-state index contributed by atoms with van der Waals surface area (Å²) in [5.74, 6) is -3.13. The molecule has 5 rings (SSSR count). The van der Waals surface area contributed by atoms with Gasteiger partial charge in [-0.2, -0.15) is 22.7 Å². The molecule has 0 spiro atoms. The van der Waals surface area contributed by atoms with E-state index in [0.717, 1.165) is 24.3 Å². The molecule has 0 saturated heterocycles. The van der Waals surface area contributed by atoms with Crippen LogP contribution in [0, 0.1) is 11.9 Å². The van der Waals surface area contributed by atoms with Crippen LogP contribution < -0.4 is 10.6 Å². The Hall–Kier alpha value is -4.38. The van der Waals surface area contributed by atoms with E-state index < -0.39 is 47.6 Å². The van der Waals surface area contributed by atoms with Crippen molar-refractivity contribution in [1.82, 2.24) is 14.8 Å². The molecule has 2 N–H and O–H groups in total. The molecule has 0 unspecified atom stereocenters. The topological polar surface area (TPSA) is 94.1 Å². The minimum absolute atomic E-state index is 0.00727. The minimum Gasteiger partial charge on any atom is -0.325 e. The second kappa shape index (κ2) is 10.6. The van der Waals surface area contributed by atoms with Crippen LogP contribution in [0.1, 0.15) is 52.0 Å². The summed E-state index contributed by atoms with van der Waals surface area (Å²) in [4.78, 5) is 32.7. The molecular formula is C29H25F4N5O2. The molecule has 3 heterocycles. The molecule has 0 radical (unpaired) electrons. The lowest BCUT2D eigenvalue weighted by molar-refractivity contribution is -0.137. The summed E-state index contributed by atoms with van der Waals surface area (Å²) >= 11 is 0. The maximum absolute atomic E-state index is 14.1. The molecule has 0 fully saturated rings. The van der Waals surface area contributed by atoms with Gasteiger partial charge in [-0.15, -0.1) is 0 Å². The molecule has 1 aliphatic rings. The predicted octanol–water partition coefficient (Wildman–Crippen LogP) is 5.27. The number of anilines is 1. The second-order valence-electron chi connectivity index (χ2n) is 9.42. The van der Waals surface area contributed by atoms with Crippen LogP contribution in [0.25, 0.3) is 5.69 Å². The van der Waals surface area contributed by atoms with E-state index >= 15 is 0 Å². The highest BCUT2D eigenvalue weighted by atomic mass is 19.4. The van der Waals surface area contributed by atoms with Gasteiger partial charge in [0, 0.05) is 42.8 Å². The molecule has 1 aliphatic heterocycles. The number of hydrogen-bond acceptors (Lipinski definition) is 5. The van der Waals surface area contributed by atoms with Gasteiger partial charge in [0.25, 0.3) is 0 Å². The van der Waals surface area contributed by atoms with Gasteiger partial charge >= 0.3 is 6.18 Å². The summed E-state index contributed by atoms with van der Waals surface area (Å²) in [7, 11) is 0. The zero-order valence-corrected chi connectivity index (χ0v) is 21.4. The summed E-state index contributed by atoms with van der Waals surface area (Å²) in [5, 5.41) is 4.71. The molecule has 11 heteroatoms. The zero-order chi connectivity index (χ0) is 28.6. The fourth-order valence-electron chi connectivity index (χ4n) is 5.26. The number of halogens is 4. The SMILES string of the molecule is CCN1C(=O)[C@@H](CC(=O)c2cccc(C(F)(F)F)c2)[C@@H](c2ccc(F)nc2)c2c(CN)nn(-c3ccccc3)c21. The Morgan fingerprint density at radius 3 is 2.42 bits per heavy atom. The van der Waals surface area contributed by atoms with Gasteiger partial charge < -0.3 is 5.73 Å². The zero-order valence-electron chi connectivity index (χ0n) is 21.4. The molecule has 2 aromatic heterocycles. The number of amides is 1. The van der Waals surface area contributed by atoms with Crippen LogP contribution in [-0.2, 0) is 17.5 Å². The van der Waals surface area contributed by atoms with Gasteiger partial charge in [0.2, 0.25) is 11.9 Å². The normalized spacial score (nSPS) is 17.1. The average molecular weight is 552 g/mol. The number of rotatable bonds is 7. The number of benzene rings is 2. The van der Waals surface area contributed by atoms with Crippen molar-refractivity contribution in [3.05, 3.63) is 107 Å². The number of aromatic nitrogens is 3. The fraction of sp³-hybridized carbons (Fsp3) is 0.241. The van der Waals surface area contributed by atoms with Crippen LogP contribution >= 0.6 is 0 Å². The number of pyridine rings is 1. The number of alkyl halides is 3. The summed E-state index contributed by atoms with van der Waals surface area (Å²) in [6.45, 7) is 2.02. The Kier molecular flexibility index (Phi) is 7.24. The van der Waals surface area contributed by atoms with Crippen molar-refractivity contribution in [2.75, 3.05) is 11.4 Å². The third kappa shape index (κ3) is 4.88. The molecule has 206 valence electrons. The van der Waals surface area contributed by atoms with Gasteiger partial charge in [-0.3, -0.25) is 14.5 Å². The number of nitrogens with two attached hydrogens (primary N) is 1. The number of carbonyl (C=O) groups excluding carboxylic acids is 2. The van der Waals surface area contributed by atoms with Crippen LogP contribution in [0.15, 0.2) is 72.9 Å². The monoisotopic (exact) mass is 551 g/mol. The van der Waals surface area contributed by atoms with Crippen molar-refractivity contribution in [3.63, 3.8) is 0 Å². The van der Waals surface area contributed by atoms with Crippen molar-refractivity contribution in [3.8, 4) is 5.69 Å². The number of carbonyl (C=O) groups is 2. The number of hydrogen-bond donors (Lipinski definition) is 1. The maximum atomic E-state index is 14.1. The van der Waals surface area contributed by atoms with Gasteiger partial charge in [-0.25, -0.2) is 9.67 Å². The lowest BCUT2D eigenvalue weighted by Gasteiger charge is -2.38. The largest absolute Gasteiger partial charge is 0.416 e. The van der Waals surface area contributed by atoms with Crippen molar-refractivity contribution in [2.45, 2.75) is 32.0 Å². The van der Waals surface area contributed by atoms with Gasteiger partial charge in [-0.1, -0.05) is 36.4 Å². The molecule has 0 saturated carbocycles. The highest BCUT2D eigenvalue weighted by Gasteiger charge is 2.46. The molecule has 2 atom stereocenters.